The maximum Gasteiger partial charge on any atom is 0.339 e. The van der Waals surface area contributed by atoms with E-state index in [1.54, 1.807) is 43.1 Å². The first kappa shape index (κ1) is 32.6. The molecular weight excluding hydrogens is 655 g/mol. The van der Waals surface area contributed by atoms with E-state index in [1.807, 2.05) is 6.07 Å². The number of hydrogen-bond acceptors (Lipinski definition) is 10. The van der Waals surface area contributed by atoms with Crippen LogP contribution in [0.1, 0.15) is 47.6 Å². The van der Waals surface area contributed by atoms with E-state index in [-0.39, 0.29) is 45.8 Å². The first-order valence-corrected chi connectivity index (χ1v) is 18.7. The topological polar surface area (TPSA) is 132 Å². The van der Waals surface area contributed by atoms with Gasteiger partial charge in [-0.25, -0.2) is 4.79 Å². The first-order valence-electron chi connectivity index (χ1n) is 16.2. The minimum atomic E-state index is -4.06. The number of ketones is 1. The summed E-state index contributed by atoms with van der Waals surface area (Å²) in [4.78, 5) is 26.9. The molecule has 7 rings (SSSR count). The molecule has 0 aromatic heterocycles. The van der Waals surface area contributed by atoms with E-state index in [0.29, 0.717) is 49.7 Å². The van der Waals surface area contributed by atoms with Crippen LogP contribution in [0.4, 0.5) is 4.79 Å². The predicted molar refractivity (Wildman–Crippen MR) is 181 cm³/mol. The Kier molecular flexibility index (Phi) is 9.18. The Bertz CT molecular complexity index is 1820. The largest absolute Gasteiger partial charge is 0.493 e. The maximum absolute atomic E-state index is 13.2. The zero-order valence-electron chi connectivity index (χ0n) is 26.9. The van der Waals surface area contributed by atoms with E-state index in [0.717, 1.165) is 41.8 Å². The molecule has 3 aromatic carbocycles. The zero-order valence-corrected chi connectivity index (χ0v) is 28.5. The van der Waals surface area contributed by atoms with Gasteiger partial charge in [0.2, 0.25) is 0 Å². The second kappa shape index (κ2) is 13.5. The molecule has 2 amide bonds. The average molecular weight is 694 g/mol. The summed E-state index contributed by atoms with van der Waals surface area (Å²) in [7, 11) is -0.912. The van der Waals surface area contributed by atoms with Crippen molar-refractivity contribution in [2.45, 2.75) is 66.9 Å². The van der Waals surface area contributed by atoms with Crippen molar-refractivity contribution in [1.29, 1.82) is 0 Å². The van der Waals surface area contributed by atoms with Gasteiger partial charge in [-0.3, -0.25) is 9.69 Å². The molecule has 3 aromatic rings. The Balaban J connectivity index is 1.02. The van der Waals surface area contributed by atoms with Crippen LogP contribution >= 0.6 is 11.8 Å². The Hall–Kier alpha value is -3.94. The highest BCUT2D eigenvalue weighted by molar-refractivity contribution is 8.01. The van der Waals surface area contributed by atoms with Crippen LogP contribution in [-0.4, -0.2) is 75.6 Å². The molecule has 13 heteroatoms. The van der Waals surface area contributed by atoms with Crippen molar-refractivity contribution in [2.24, 2.45) is 0 Å². The molecule has 4 heterocycles. The fourth-order valence-corrected chi connectivity index (χ4v) is 9.66. The Labute approximate surface area is 284 Å². The van der Waals surface area contributed by atoms with Gasteiger partial charge in [0.15, 0.2) is 23.0 Å². The molecule has 254 valence electrons. The molecule has 4 aliphatic heterocycles. The summed E-state index contributed by atoms with van der Waals surface area (Å²) in [6.45, 7) is 1.76. The molecule has 0 radical (unpaired) electrons. The summed E-state index contributed by atoms with van der Waals surface area (Å²) in [6.07, 6.45) is 3.36. The molecule has 11 nitrogen and oxygen atoms in total. The Morgan fingerprint density at radius 1 is 0.979 bits per heavy atom. The number of nitrogens with zero attached hydrogens (tertiary/aromatic N) is 1. The number of urea groups is 1. The maximum atomic E-state index is 13.2. The number of fused-ring (bicyclic) bond motifs is 5. The quantitative estimate of drug-likeness (QED) is 0.160. The molecule has 2 fully saturated rings. The van der Waals surface area contributed by atoms with Crippen molar-refractivity contribution in [3.05, 3.63) is 76.9 Å². The van der Waals surface area contributed by atoms with E-state index in [4.69, 9.17) is 18.4 Å². The minimum Gasteiger partial charge on any atom is -0.493 e. The third kappa shape index (κ3) is 6.30. The van der Waals surface area contributed by atoms with Gasteiger partial charge in [-0.1, -0.05) is 24.3 Å². The highest BCUT2D eigenvalue weighted by Crippen LogP contribution is 2.46. The van der Waals surface area contributed by atoms with E-state index in [9.17, 15) is 18.0 Å². The standard InChI is InChI=1S/C35H39N3O8S2/c1-43-29-12-11-21-16-27-24-18-30(44-2)31(45-15-7-6-10-28(39)34-32-26(20-47-34)36-35(40)37-32)17-22(24)13-14-38(27)19-25(21)33(29)46-48(41,42)23-8-4-3-5-9-23/h3-5,8-9,11-12,17-18,26-27,32,34H,6-7,10,13-16,19-20H2,1-2H3,(H2,36,37,40). The summed E-state index contributed by atoms with van der Waals surface area (Å²) in [5, 5.41) is 5.57. The van der Waals surface area contributed by atoms with Gasteiger partial charge < -0.3 is 29.0 Å². The van der Waals surface area contributed by atoms with E-state index < -0.39 is 10.1 Å². The van der Waals surface area contributed by atoms with Crippen molar-refractivity contribution in [3.63, 3.8) is 0 Å². The molecule has 4 unspecified atom stereocenters. The number of carbonyl (C=O) groups excluding carboxylic acids is 2. The van der Waals surface area contributed by atoms with Crippen molar-refractivity contribution >= 4 is 33.7 Å². The summed E-state index contributed by atoms with van der Waals surface area (Å²) in [6, 6.07) is 15.8. The summed E-state index contributed by atoms with van der Waals surface area (Å²) >= 11 is 1.62. The number of carbonyl (C=O) groups is 2. The summed E-state index contributed by atoms with van der Waals surface area (Å²) in [5.41, 5.74) is 4.19. The number of rotatable bonds is 12. The lowest BCUT2D eigenvalue weighted by Crippen LogP contribution is -2.40. The average Bonchev–Trinajstić information content (AvgIpc) is 3.66. The third-order valence-electron chi connectivity index (χ3n) is 9.66. The molecule has 2 N–H and O–H groups in total. The molecule has 0 saturated carbocycles. The number of amides is 2. The highest BCUT2D eigenvalue weighted by atomic mass is 32.2. The van der Waals surface area contributed by atoms with Gasteiger partial charge >= 0.3 is 16.1 Å². The number of hydrogen-bond donors (Lipinski definition) is 2. The van der Waals surface area contributed by atoms with Crippen LogP contribution < -0.4 is 29.0 Å². The molecule has 4 atom stereocenters. The van der Waals surface area contributed by atoms with Crippen LogP contribution in [0.2, 0.25) is 0 Å². The van der Waals surface area contributed by atoms with Gasteiger partial charge in [0.1, 0.15) is 10.7 Å². The summed E-state index contributed by atoms with van der Waals surface area (Å²) in [5.74, 6) is 2.89. The van der Waals surface area contributed by atoms with Gasteiger partial charge in [-0.15, -0.1) is 11.8 Å². The van der Waals surface area contributed by atoms with E-state index >= 15 is 0 Å². The molecule has 0 aliphatic carbocycles. The molecule has 4 aliphatic rings. The number of methoxy groups -OCH3 is 2. The van der Waals surface area contributed by atoms with Gasteiger partial charge in [0.05, 0.1) is 38.2 Å². The zero-order chi connectivity index (χ0) is 33.4. The second-order valence-electron chi connectivity index (χ2n) is 12.5. The van der Waals surface area contributed by atoms with Gasteiger partial charge in [0.25, 0.3) is 0 Å². The van der Waals surface area contributed by atoms with Crippen LogP contribution in [0.5, 0.6) is 23.0 Å². The lowest BCUT2D eigenvalue weighted by Gasteiger charge is -2.42. The van der Waals surface area contributed by atoms with Crippen molar-refractivity contribution in [2.75, 3.05) is 33.1 Å². The summed E-state index contributed by atoms with van der Waals surface area (Å²) < 4.78 is 49.7. The molecule has 0 bridgehead atoms. The molecule has 2 saturated heterocycles. The minimum absolute atomic E-state index is 0.0328. The fraction of sp³-hybridized carbons (Fsp3) is 0.429. The van der Waals surface area contributed by atoms with E-state index in [1.165, 1.54) is 24.8 Å². The van der Waals surface area contributed by atoms with Crippen LogP contribution in [0.3, 0.4) is 0 Å². The van der Waals surface area contributed by atoms with E-state index in [2.05, 4.69) is 27.7 Å². The van der Waals surface area contributed by atoms with Crippen LogP contribution in [0.15, 0.2) is 59.5 Å². The van der Waals surface area contributed by atoms with Crippen molar-refractivity contribution in [3.8, 4) is 23.0 Å². The van der Waals surface area contributed by atoms with Crippen LogP contribution in [0, 0.1) is 0 Å². The molecule has 48 heavy (non-hydrogen) atoms. The SMILES string of the molecule is COc1cc2c(cc1OCCCCC(=O)C1SCC3NC(=O)NC31)CCN1Cc3c(ccc(OC)c3OS(=O)(=O)c3ccccc3)CC21. The van der Waals surface area contributed by atoms with Crippen molar-refractivity contribution in [1.82, 2.24) is 15.5 Å². The second-order valence-corrected chi connectivity index (χ2v) is 15.2. The third-order valence-corrected chi connectivity index (χ3v) is 12.4. The number of Topliss-reactive ketones (excluding diaryl/α,β-unsaturated/α-hetero) is 1. The predicted octanol–water partition coefficient (Wildman–Crippen LogP) is 4.41. The number of ether oxygens (including phenoxy) is 3. The van der Waals surface area contributed by atoms with Crippen LogP contribution in [-0.2, 0) is 34.3 Å². The van der Waals surface area contributed by atoms with Crippen molar-refractivity contribution < 1.29 is 36.4 Å². The van der Waals surface area contributed by atoms with Gasteiger partial charge in [-0.05, 0) is 72.7 Å². The van der Waals surface area contributed by atoms with Crippen LogP contribution in [0.25, 0.3) is 0 Å². The number of nitrogens with one attached hydrogen (secondary N) is 2. The Morgan fingerprint density at radius 3 is 2.58 bits per heavy atom. The normalized spacial score (nSPS) is 22.8. The van der Waals surface area contributed by atoms with Gasteiger partial charge in [-0.2, -0.15) is 8.42 Å². The fourth-order valence-electron chi connectivity index (χ4n) is 7.20. The molecule has 0 spiro atoms. The number of benzene rings is 3. The smallest absolute Gasteiger partial charge is 0.339 e. The van der Waals surface area contributed by atoms with Gasteiger partial charge in [0, 0.05) is 36.9 Å². The number of unbranched alkanes of at least 4 members (excludes halogenated alkanes) is 1. The Morgan fingerprint density at radius 2 is 1.79 bits per heavy atom. The lowest BCUT2D eigenvalue weighted by atomic mass is 9.83. The number of thioether (sulfide) groups is 1. The monoisotopic (exact) mass is 693 g/mol. The molecular formula is C35H39N3O8S2. The lowest BCUT2D eigenvalue weighted by molar-refractivity contribution is -0.119. The first-order chi connectivity index (χ1) is 23.3. The highest BCUT2D eigenvalue weighted by Gasteiger charge is 2.46.